The maximum atomic E-state index is 9.30. The first-order chi connectivity index (χ1) is 19.5. The minimum absolute atomic E-state index is 0.172. The van der Waals surface area contributed by atoms with Crippen molar-refractivity contribution in [1.29, 1.82) is 5.26 Å². The molecule has 6 nitrogen and oxygen atoms in total. The van der Waals surface area contributed by atoms with Gasteiger partial charge in [0.1, 0.15) is 5.82 Å². The van der Waals surface area contributed by atoms with Crippen LogP contribution in [0.5, 0.6) is 0 Å². The third kappa shape index (κ3) is 5.29. The van der Waals surface area contributed by atoms with E-state index in [2.05, 4.69) is 94.7 Å². The lowest BCUT2D eigenvalue weighted by Crippen LogP contribution is -2.48. The van der Waals surface area contributed by atoms with Crippen LogP contribution in [0.4, 0.5) is 0 Å². The summed E-state index contributed by atoms with van der Waals surface area (Å²) in [6.07, 6.45) is 10.5. The summed E-state index contributed by atoms with van der Waals surface area (Å²) in [4.78, 5) is 14.3. The van der Waals surface area contributed by atoms with Crippen LogP contribution >= 0.6 is 11.8 Å². The molecule has 0 unspecified atom stereocenters. The van der Waals surface area contributed by atoms with E-state index in [9.17, 15) is 5.26 Å². The number of imidazole rings is 1. The van der Waals surface area contributed by atoms with Crippen molar-refractivity contribution in [3.05, 3.63) is 66.0 Å². The van der Waals surface area contributed by atoms with Gasteiger partial charge in [0.25, 0.3) is 0 Å². The Balaban J connectivity index is 1.17. The Morgan fingerprint density at radius 3 is 2.38 bits per heavy atom. The van der Waals surface area contributed by atoms with Crippen molar-refractivity contribution in [3.8, 4) is 6.19 Å². The largest absolute Gasteiger partial charge is 0.350 e. The zero-order valence-electron chi connectivity index (χ0n) is 24.2. The van der Waals surface area contributed by atoms with E-state index < -0.39 is 0 Å². The molecule has 0 N–H and O–H groups in total. The number of piperidine rings is 2. The summed E-state index contributed by atoms with van der Waals surface area (Å²) in [7, 11) is 0. The van der Waals surface area contributed by atoms with Gasteiger partial charge in [-0.25, -0.2) is 4.98 Å². The topological polar surface area (TPSA) is 60.5 Å². The molecule has 3 aliphatic heterocycles. The van der Waals surface area contributed by atoms with E-state index in [4.69, 9.17) is 4.98 Å². The number of nitrogens with zero attached hydrogens (tertiary/aromatic N) is 6. The lowest BCUT2D eigenvalue weighted by molar-refractivity contribution is 0.0890. The van der Waals surface area contributed by atoms with E-state index in [1.165, 1.54) is 49.7 Å². The minimum atomic E-state index is 0.172. The predicted molar refractivity (Wildman–Crippen MR) is 166 cm³/mol. The molecule has 0 saturated carbocycles. The highest BCUT2D eigenvalue weighted by molar-refractivity contribution is 8.14. The molecule has 40 heavy (non-hydrogen) atoms. The SMILES string of the molecule is Cc1nc2ccccc2n1[C@H]1C[C@H]2CC[C@@H](C1)N2CCC1(c2ccccc2)CCN(/C(=N/C#N)SC(C)C)CC1. The standard InChI is InChI=1S/C33H42N6S/c1-24(2)40-32(35-23-34)37-18-15-33(16-19-37,26-9-5-4-6-10-26)17-20-38-27-13-14-28(38)22-29(21-27)39-25(3)36-30-11-7-8-12-31(30)39/h4-12,24,27-29H,13-22H2,1-3H3/b35-32-/t27-,28+,29+. The second-order valence-corrected chi connectivity index (χ2v) is 13.9. The van der Waals surface area contributed by atoms with Crippen LogP contribution in [0, 0.1) is 18.4 Å². The Bertz CT molecular complexity index is 1370. The Hall–Kier alpha value is -2.82. The number of hydrogen-bond acceptors (Lipinski definition) is 5. The molecular weight excluding hydrogens is 512 g/mol. The predicted octanol–water partition coefficient (Wildman–Crippen LogP) is 6.92. The molecule has 0 radical (unpaired) electrons. The number of nitriles is 1. The monoisotopic (exact) mass is 554 g/mol. The molecular formula is C33H42N6S. The van der Waals surface area contributed by atoms with Gasteiger partial charge in [0.05, 0.1) is 11.0 Å². The second kappa shape index (κ2) is 11.6. The molecule has 3 fully saturated rings. The van der Waals surface area contributed by atoms with Crippen molar-refractivity contribution in [2.45, 2.75) is 94.5 Å². The van der Waals surface area contributed by atoms with Gasteiger partial charge in [-0.3, -0.25) is 4.90 Å². The van der Waals surface area contributed by atoms with E-state index in [1.54, 1.807) is 11.8 Å². The van der Waals surface area contributed by atoms with Crippen LogP contribution < -0.4 is 0 Å². The van der Waals surface area contributed by atoms with E-state index in [0.717, 1.165) is 42.4 Å². The fourth-order valence-electron chi connectivity index (χ4n) is 7.82. The molecule has 210 valence electrons. The molecule has 0 amide bonds. The van der Waals surface area contributed by atoms with Gasteiger partial charge in [0, 0.05) is 36.5 Å². The first-order valence-corrected chi connectivity index (χ1v) is 16.0. The van der Waals surface area contributed by atoms with E-state index in [0.29, 0.717) is 23.4 Å². The Morgan fingerprint density at radius 2 is 1.70 bits per heavy atom. The van der Waals surface area contributed by atoms with E-state index in [-0.39, 0.29) is 5.41 Å². The summed E-state index contributed by atoms with van der Waals surface area (Å²) in [5.41, 5.74) is 4.07. The highest BCUT2D eigenvalue weighted by Crippen LogP contribution is 2.45. The lowest BCUT2D eigenvalue weighted by atomic mass is 9.70. The Labute approximate surface area is 243 Å². The van der Waals surface area contributed by atoms with Crippen molar-refractivity contribution in [1.82, 2.24) is 19.4 Å². The van der Waals surface area contributed by atoms with E-state index in [1.807, 2.05) is 6.19 Å². The van der Waals surface area contributed by atoms with Gasteiger partial charge in [-0.15, -0.1) is 4.99 Å². The number of aromatic nitrogens is 2. The molecule has 2 aromatic carbocycles. The Morgan fingerprint density at radius 1 is 1.02 bits per heavy atom. The van der Waals surface area contributed by atoms with Crippen LogP contribution in [0.3, 0.4) is 0 Å². The number of benzene rings is 2. The molecule has 3 saturated heterocycles. The van der Waals surface area contributed by atoms with Crippen LogP contribution in [0.15, 0.2) is 59.6 Å². The van der Waals surface area contributed by atoms with Crippen LogP contribution in [0.1, 0.15) is 76.2 Å². The Kier molecular flexibility index (Phi) is 7.92. The fraction of sp³-hybridized carbons (Fsp3) is 0.545. The number of aliphatic imine (C=N–C) groups is 1. The first kappa shape index (κ1) is 27.4. The summed E-state index contributed by atoms with van der Waals surface area (Å²) < 4.78 is 2.54. The number of rotatable bonds is 6. The van der Waals surface area contributed by atoms with Crippen molar-refractivity contribution in [3.63, 3.8) is 0 Å². The third-order valence-corrected chi connectivity index (χ3v) is 10.7. The van der Waals surface area contributed by atoms with Gasteiger partial charge < -0.3 is 9.47 Å². The molecule has 2 bridgehead atoms. The maximum absolute atomic E-state index is 9.30. The van der Waals surface area contributed by atoms with Crippen molar-refractivity contribution in [2.24, 2.45) is 4.99 Å². The molecule has 0 aliphatic carbocycles. The normalized spacial score (nSPS) is 25.0. The zero-order chi connectivity index (χ0) is 27.7. The zero-order valence-corrected chi connectivity index (χ0v) is 25.0. The van der Waals surface area contributed by atoms with E-state index >= 15 is 0 Å². The number of thioether (sulfide) groups is 1. The van der Waals surface area contributed by atoms with Gasteiger partial charge in [0.2, 0.25) is 6.19 Å². The number of fused-ring (bicyclic) bond motifs is 3. The smallest absolute Gasteiger partial charge is 0.208 e. The van der Waals surface area contributed by atoms with Gasteiger partial charge in [-0.2, -0.15) is 5.26 Å². The number of hydrogen-bond donors (Lipinski definition) is 0. The van der Waals surface area contributed by atoms with Crippen LogP contribution in [0.2, 0.25) is 0 Å². The molecule has 7 heteroatoms. The fourth-order valence-corrected chi connectivity index (χ4v) is 8.66. The molecule has 3 aliphatic rings. The quantitative estimate of drug-likeness (QED) is 0.188. The van der Waals surface area contributed by atoms with Crippen molar-refractivity contribution >= 4 is 28.0 Å². The van der Waals surface area contributed by atoms with Gasteiger partial charge >= 0.3 is 0 Å². The molecule has 3 atom stereocenters. The maximum Gasteiger partial charge on any atom is 0.208 e. The molecule has 6 rings (SSSR count). The van der Waals surface area contributed by atoms with Gasteiger partial charge in [0.15, 0.2) is 5.17 Å². The lowest BCUT2D eigenvalue weighted by Gasteiger charge is -2.46. The summed E-state index contributed by atoms with van der Waals surface area (Å²) in [5.74, 6) is 1.16. The molecule has 3 aromatic rings. The first-order valence-electron chi connectivity index (χ1n) is 15.1. The van der Waals surface area contributed by atoms with Crippen LogP contribution in [-0.2, 0) is 5.41 Å². The number of amidine groups is 1. The highest BCUT2D eigenvalue weighted by Gasteiger charge is 2.44. The van der Waals surface area contributed by atoms with Crippen molar-refractivity contribution in [2.75, 3.05) is 19.6 Å². The van der Waals surface area contributed by atoms with Crippen LogP contribution in [-0.4, -0.2) is 61.5 Å². The average molecular weight is 555 g/mol. The highest BCUT2D eigenvalue weighted by atomic mass is 32.2. The van der Waals surface area contributed by atoms with Gasteiger partial charge in [-0.1, -0.05) is 68.1 Å². The summed E-state index contributed by atoms with van der Waals surface area (Å²) >= 11 is 1.71. The summed E-state index contributed by atoms with van der Waals surface area (Å²) in [6, 6.07) is 21.7. The van der Waals surface area contributed by atoms with Gasteiger partial charge in [-0.05, 0) is 81.5 Å². The second-order valence-electron chi connectivity index (χ2n) is 12.3. The minimum Gasteiger partial charge on any atom is -0.350 e. The number of aryl methyl sites for hydroxylation is 1. The third-order valence-electron chi connectivity index (χ3n) is 9.71. The molecule has 4 heterocycles. The number of likely N-dealkylation sites (tertiary alicyclic amines) is 1. The summed E-state index contributed by atoms with van der Waals surface area (Å²) in [5, 5.41) is 10.6. The molecule has 1 aromatic heterocycles. The average Bonchev–Trinajstić information content (AvgIpc) is 3.42. The van der Waals surface area contributed by atoms with Crippen molar-refractivity contribution < 1.29 is 0 Å². The summed E-state index contributed by atoms with van der Waals surface area (Å²) in [6.45, 7) is 9.60. The number of para-hydroxylation sites is 2. The molecule has 0 spiro atoms. The van der Waals surface area contributed by atoms with Crippen LogP contribution in [0.25, 0.3) is 11.0 Å².